The number of benzene rings is 1. The fourth-order valence-electron chi connectivity index (χ4n) is 2.41. The number of anilines is 2. The first-order valence-electron chi connectivity index (χ1n) is 8.48. The number of carbonyl (C=O) groups excluding carboxylic acids is 2. The second-order valence-electron chi connectivity index (χ2n) is 5.98. The van der Waals surface area contributed by atoms with Gasteiger partial charge >= 0.3 is 0 Å². The average Bonchev–Trinajstić information content (AvgIpc) is 2.99. The first-order chi connectivity index (χ1) is 13.1. The van der Waals surface area contributed by atoms with Crippen LogP contribution in [0.25, 0.3) is 0 Å². The summed E-state index contributed by atoms with van der Waals surface area (Å²) in [6.07, 6.45) is 0. The number of sulfonamides is 1. The maximum Gasteiger partial charge on any atom is 0.255 e. The van der Waals surface area contributed by atoms with E-state index in [1.165, 1.54) is 32.2 Å². The van der Waals surface area contributed by atoms with Gasteiger partial charge in [-0.15, -0.1) is 0 Å². The van der Waals surface area contributed by atoms with Gasteiger partial charge in [-0.2, -0.15) is 0 Å². The van der Waals surface area contributed by atoms with E-state index in [0.29, 0.717) is 22.8 Å². The molecule has 2 rings (SSSR count). The molecule has 0 aliphatic heterocycles. The molecule has 0 saturated heterocycles. The molecule has 0 spiro atoms. The van der Waals surface area contributed by atoms with Crippen LogP contribution in [-0.4, -0.2) is 39.6 Å². The van der Waals surface area contributed by atoms with Gasteiger partial charge in [-0.1, -0.05) is 0 Å². The van der Waals surface area contributed by atoms with Gasteiger partial charge in [0, 0.05) is 11.8 Å². The molecule has 0 unspecified atom stereocenters. The SMILES string of the molecule is CCS(=O)(=O)Nc1ccc(NC(=O)CNC(=O)c2cc(C)oc2C)cc1OC. The monoisotopic (exact) mass is 409 g/mol. The Hall–Kier alpha value is -3.01. The molecule has 0 saturated carbocycles. The summed E-state index contributed by atoms with van der Waals surface area (Å²) in [6.45, 7) is 4.68. The van der Waals surface area contributed by atoms with Crippen molar-refractivity contribution in [2.45, 2.75) is 20.8 Å². The molecule has 0 bridgehead atoms. The Bertz CT molecular complexity index is 981. The van der Waals surface area contributed by atoms with Crippen molar-refractivity contribution in [3.8, 4) is 5.75 Å². The van der Waals surface area contributed by atoms with Gasteiger partial charge in [-0.25, -0.2) is 8.42 Å². The predicted molar refractivity (Wildman–Crippen MR) is 105 cm³/mol. The van der Waals surface area contributed by atoms with E-state index in [1.54, 1.807) is 19.9 Å². The number of rotatable bonds is 8. The summed E-state index contributed by atoms with van der Waals surface area (Å²) >= 11 is 0. The first kappa shape index (κ1) is 21.3. The van der Waals surface area contributed by atoms with Crippen molar-refractivity contribution >= 4 is 33.2 Å². The van der Waals surface area contributed by atoms with Crippen LogP contribution in [0.1, 0.15) is 28.8 Å². The normalized spacial score (nSPS) is 11.0. The quantitative estimate of drug-likeness (QED) is 0.612. The van der Waals surface area contributed by atoms with Crippen molar-refractivity contribution in [1.29, 1.82) is 0 Å². The van der Waals surface area contributed by atoms with Crippen LogP contribution in [0, 0.1) is 13.8 Å². The standard InChI is InChI=1S/C18H23N3O6S/c1-5-28(24,25)21-15-7-6-13(9-16(15)26-4)20-17(22)10-19-18(23)14-8-11(2)27-12(14)3/h6-9,21H,5,10H2,1-4H3,(H,19,23)(H,20,22). The van der Waals surface area contributed by atoms with Gasteiger partial charge in [0.05, 0.1) is 30.7 Å². The summed E-state index contributed by atoms with van der Waals surface area (Å²) in [4.78, 5) is 24.2. The summed E-state index contributed by atoms with van der Waals surface area (Å²) in [5.74, 6) is 0.400. The summed E-state index contributed by atoms with van der Waals surface area (Å²) < 4.78 is 36.3. The third-order valence-electron chi connectivity index (χ3n) is 3.83. The number of amides is 2. The molecule has 0 fully saturated rings. The van der Waals surface area contributed by atoms with E-state index >= 15 is 0 Å². The molecule has 28 heavy (non-hydrogen) atoms. The van der Waals surface area contributed by atoms with Crippen molar-refractivity contribution in [2.75, 3.05) is 29.4 Å². The number of nitrogens with one attached hydrogen (secondary N) is 3. The third-order valence-corrected chi connectivity index (χ3v) is 5.12. The van der Waals surface area contributed by atoms with Crippen LogP contribution in [0.5, 0.6) is 5.75 Å². The molecular weight excluding hydrogens is 386 g/mol. The average molecular weight is 409 g/mol. The Morgan fingerprint density at radius 2 is 1.89 bits per heavy atom. The van der Waals surface area contributed by atoms with E-state index in [2.05, 4.69) is 15.4 Å². The minimum atomic E-state index is -3.46. The highest BCUT2D eigenvalue weighted by Crippen LogP contribution is 2.28. The number of carbonyl (C=O) groups is 2. The van der Waals surface area contributed by atoms with Crippen LogP contribution in [0.2, 0.25) is 0 Å². The number of hydrogen-bond donors (Lipinski definition) is 3. The Morgan fingerprint density at radius 1 is 1.18 bits per heavy atom. The van der Waals surface area contributed by atoms with E-state index in [1.807, 2.05) is 0 Å². The Morgan fingerprint density at radius 3 is 2.46 bits per heavy atom. The summed E-state index contributed by atoms with van der Waals surface area (Å²) in [7, 11) is -2.07. The molecule has 0 atom stereocenters. The molecule has 1 heterocycles. The van der Waals surface area contributed by atoms with Crippen molar-refractivity contribution < 1.29 is 27.2 Å². The molecule has 1 aromatic carbocycles. The van der Waals surface area contributed by atoms with E-state index in [9.17, 15) is 18.0 Å². The Kier molecular flexibility index (Phi) is 6.68. The van der Waals surface area contributed by atoms with E-state index in [-0.39, 0.29) is 23.7 Å². The zero-order chi connectivity index (χ0) is 20.9. The maximum absolute atomic E-state index is 12.1. The Labute approximate surface area is 163 Å². The second-order valence-corrected chi connectivity index (χ2v) is 7.99. The van der Waals surface area contributed by atoms with Crippen LogP contribution in [0.15, 0.2) is 28.7 Å². The lowest BCUT2D eigenvalue weighted by molar-refractivity contribution is -0.115. The van der Waals surface area contributed by atoms with Crippen LogP contribution in [0.3, 0.4) is 0 Å². The highest BCUT2D eigenvalue weighted by atomic mass is 32.2. The van der Waals surface area contributed by atoms with Gasteiger partial charge < -0.3 is 19.8 Å². The fraction of sp³-hybridized carbons (Fsp3) is 0.333. The largest absolute Gasteiger partial charge is 0.494 e. The lowest BCUT2D eigenvalue weighted by Crippen LogP contribution is -2.33. The molecular formula is C18H23N3O6S. The lowest BCUT2D eigenvalue weighted by Gasteiger charge is -2.13. The highest BCUT2D eigenvalue weighted by Gasteiger charge is 2.15. The van der Waals surface area contributed by atoms with Gasteiger partial charge in [0.25, 0.3) is 5.91 Å². The summed E-state index contributed by atoms with van der Waals surface area (Å²) in [6, 6.07) is 6.09. The molecule has 0 radical (unpaired) electrons. The van der Waals surface area contributed by atoms with E-state index in [0.717, 1.165) is 0 Å². The number of furan rings is 1. The number of hydrogen-bond acceptors (Lipinski definition) is 6. The van der Waals surface area contributed by atoms with Gasteiger partial charge in [0.1, 0.15) is 17.3 Å². The van der Waals surface area contributed by atoms with Crippen molar-refractivity contribution in [3.05, 3.63) is 41.3 Å². The van der Waals surface area contributed by atoms with Crippen molar-refractivity contribution in [2.24, 2.45) is 0 Å². The predicted octanol–water partition coefficient (Wildman–Crippen LogP) is 2.04. The molecule has 2 aromatic rings. The van der Waals surface area contributed by atoms with Gasteiger partial charge in [0.2, 0.25) is 15.9 Å². The lowest BCUT2D eigenvalue weighted by atomic mass is 10.2. The van der Waals surface area contributed by atoms with Crippen LogP contribution in [0.4, 0.5) is 11.4 Å². The van der Waals surface area contributed by atoms with Gasteiger partial charge in [0.15, 0.2) is 0 Å². The number of aryl methyl sites for hydroxylation is 2. The minimum Gasteiger partial charge on any atom is -0.494 e. The summed E-state index contributed by atoms with van der Waals surface area (Å²) in [5.41, 5.74) is 1.03. The number of ether oxygens (including phenoxy) is 1. The molecule has 0 aliphatic rings. The first-order valence-corrected chi connectivity index (χ1v) is 10.1. The Balaban J connectivity index is 2.00. The van der Waals surface area contributed by atoms with Crippen LogP contribution >= 0.6 is 0 Å². The van der Waals surface area contributed by atoms with Crippen molar-refractivity contribution in [3.63, 3.8) is 0 Å². The fourth-order valence-corrected chi connectivity index (χ4v) is 3.06. The topological polar surface area (TPSA) is 127 Å². The summed E-state index contributed by atoms with van der Waals surface area (Å²) in [5, 5.41) is 5.13. The van der Waals surface area contributed by atoms with E-state index < -0.39 is 21.8 Å². The molecule has 3 N–H and O–H groups in total. The molecule has 2 amide bonds. The molecule has 1 aromatic heterocycles. The molecule has 0 aliphatic carbocycles. The smallest absolute Gasteiger partial charge is 0.255 e. The highest BCUT2D eigenvalue weighted by molar-refractivity contribution is 7.92. The number of methoxy groups -OCH3 is 1. The van der Waals surface area contributed by atoms with E-state index in [4.69, 9.17) is 9.15 Å². The molecule has 152 valence electrons. The van der Waals surface area contributed by atoms with Gasteiger partial charge in [-0.3, -0.25) is 14.3 Å². The van der Waals surface area contributed by atoms with Crippen molar-refractivity contribution in [1.82, 2.24) is 5.32 Å². The zero-order valence-electron chi connectivity index (χ0n) is 16.1. The second kappa shape index (κ2) is 8.79. The molecule has 9 nitrogen and oxygen atoms in total. The zero-order valence-corrected chi connectivity index (χ0v) is 16.9. The maximum atomic E-state index is 12.1. The minimum absolute atomic E-state index is 0.0794. The third kappa shape index (κ3) is 5.49. The van der Waals surface area contributed by atoms with Gasteiger partial charge in [-0.05, 0) is 39.0 Å². The van der Waals surface area contributed by atoms with Crippen LogP contribution in [-0.2, 0) is 14.8 Å². The molecule has 10 heteroatoms. The van der Waals surface area contributed by atoms with Crippen LogP contribution < -0.4 is 20.1 Å².